The van der Waals surface area contributed by atoms with Crippen LogP contribution < -0.4 is 0 Å². The Hall–Kier alpha value is -2.79. The van der Waals surface area contributed by atoms with Crippen molar-refractivity contribution in [2.24, 2.45) is 5.92 Å². The van der Waals surface area contributed by atoms with Crippen molar-refractivity contribution in [2.75, 3.05) is 6.54 Å². The molecule has 1 aliphatic rings. The van der Waals surface area contributed by atoms with Crippen molar-refractivity contribution < 1.29 is 19.8 Å². The Morgan fingerprint density at radius 1 is 1.14 bits per heavy atom. The third-order valence-corrected chi connectivity index (χ3v) is 5.09. The molecule has 6 heteroatoms. The summed E-state index contributed by atoms with van der Waals surface area (Å²) in [7, 11) is 0. The molecule has 0 aromatic heterocycles. The highest BCUT2D eigenvalue weighted by atomic mass is 35.5. The summed E-state index contributed by atoms with van der Waals surface area (Å²) >= 11 is 5.92. The van der Waals surface area contributed by atoms with Crippen molar-refractivity contribution in [3.8, 4) is 5.75 Å². The third-order valence-electron chi connectivity index (χ3n) is 4.83. The van der Waals surface area contributed by atoms with Gasteiger partial charge in [0.15, 0.2) is 11.5 Å². The van der Waals surface area contributed by atoms with E-state index in [-0.39, 0.29) is 23.0 Å². The highest BCUT2D eigenvalue weighted by molar-refractivity contribution is 6.30. The number of hydrogen-bond acceptors (Lipinski definition) is 4. The van der Waals surface area contributed by atoms with Gasteiger partial charge in [-0.3, -0.25) is 9.59 Å². The number of hydrogen-bond donors (Lipinski definition) is 2. The second kappa shape index (κ2) is 8.07. The minimum Gasteiger partial charge on any atom is -0.508 e. The Balaban J connectivity index is 1.96. The Labute approximate surface area is 168 Å². The average Bonchev–Trinajstić information content (AvgIpc) is 2.91. The molecule has 2 N–H and O–H groups in total. The summed E-state index contributed by atoms with van der Waals surface area (Å²) in [6.45, 7) is 3.76. The first kappa shape index (κ1) is 20.0. The molecule has 0 bridgehead atoms. The van der Waals surface area contributed by atoms with E-state index in [1.54, 1.807) is 38.1 Å². The molecule has 0 fully saturated rings. The normalized spacial score (nSPS) is 16.9. The van der Waals surface area contributed by atoms with Gasteiger partial charge in [-0.15, -0.1) is 0 Å². The topological polar surface area (TPSA) is 77.8 Å². The van der Waals surface area contributed by atoms with Gasteiger partial charge in [-0.25, -0.2) is 0 Å². The van der Waals surface area contributed by atoms with Crippen LogP contribution in [0, 0.1) is 5.92 Å². The first-order chi connectivity index (χ1) is 13.3. The van der Waals surface area contributed by atoms with Crippen LogP contribution in [0.5, 0.6) is 5.75 Å². The number of rotatable bonds is 6. The SMILES string of the molecule is CC(C)C(=O)C1=C(O)C(=O)N(CCc2ccc(Cl)cc2)C1c1cccc(O)c1. The number of aliphatic hydroxyl groups is 1. The second-order valence-electron chi connectivity index (χ2n) is 7.15. The van der Waals surface area contributed by atoms with Crippen molar-refractivity contribution in [1.29, 1.82) is 0 Å². The molecule has 1 amide bonds. The number of ketones is 1. The third kappa shape index (κ3) is 3.90. The van der Waals surface area contributed by atoms with Crippen LogP contribution in [0.1, 0.15) is 31.0 Å². The molecular weight excluding hydrogens is 378 g/mol. The maximum Gasteiger partial charge on any atom is 0.290 e. The van der Waals surface area contributed by atoms with Crippen molar-refractivity contribution in [3.63, 3.8) is 0 Å². The molecular formula is C22H22ClNO4. The maximum atomic E-state index is 12.8. The minimum absolute atomic E-state index is 0.0327. The predicted octanol–water partition coefficient (Wildman–Crippen LogP) is 4.21. The van der Waals surface area contributed by atoms with E-state index in [1.807, 2.05) is 12.1 Å². The Morgan fingerprint density at radius 3 is 2.43 bits per heavy atom. The summed E-state index contributed by atoms with van der Waals surface area (Å²) in [4.78, 5) is 27.0. The highest BCUT2D eigenvalue weighted by Crippen LogP contribution is 2.39. The number of carbonyl (C=O) groups excluding carboxylic acids is 2. The lowest BCUT2D eigenvalue weighted by Gasteiger charge is -2.27. The standard InChI is InChI=1S/C22H22ClNO4/c1-13(2)20(26)18-19(15-4-3-5-17(25)12-15)24(22(28)21(18)27)11-10-14-6-8-16(23)9-7-14/h3-9,12-13,19,25,27H,10-11H2,1-2H3. The molecule has 1 aliphatic heterocycles. The average molecular weight is 400 g/mol. The lowest BCUT2D eigenvalue weighted by Crippen LogP contribution is -2.33. The van der Waals surface area contributed by atoms with Crippen molar-refractivity contribution in [3.05, 3.63) is 76.0 Å². The van der Waals surface area contributed by atoms with E-state index in [0.29, 0.717) is 23.6 Å². The van der Waals surface area contributed by atoms with Crippen molar-refractivity contribution >= 4 is 23.3 Å². The van der Waals surface area contributed by atoms with E-state index in [0.717, 1.165) is 5.56 Å². The van der Waals surface area contributed by atoms with Crippen LogP contribution in [0.25, 0.3) is 0 Å². The summed E-state index contributed by atoms with van der Waals surface area (Å²) in [5.41, 5.74) is 1.65. The number of Topliss-reactive ketones (excluding diaryl/α,β-unsaturated/α-hetero) is 1. The first-order valence-electron chi connectivity index (χ1n) is 9.11. The van der Waals surface area contributed by atoms with E-state index in [9.17, 15) is 19.8 Å². The smallest absolute Gasteiger partial charge is 0.290 e. The van der Waals surface area contributed by atoms with E-state index in [4.69, 9.17) is 11.6 Å². The van der Waals surface area contributed by atoms with Crippen molar-refractivity contribution in [1.82, 2.24) is 4.90 Å². The Bertz CT molecular complexity index is 934. The lowest BCUT2D eigenvalue weighted by atomic mass is 9.91. The summed E-state index contributed by atoms with van der Waals surface area (Å²) in [5, 5.41) is 21.0. The van der Waals surface area contributed by atoms with Gasteiger partial charge in [0.2, 0.25) is 0 Å². The molecule has 3 rings (SSSR count). The van der Waals surface area contributed by atoms with E-state index in [1.165, 1.54) is 17.0 Å². The maximum absolute atomic E-state index is 12.8. The summed E-state index contributed by atoms with van der Waals surface area (Å²) < 4.78 is 0. The Morgan fingerprint density at radius 2 is 1.82 bits per heavy atom. The minimum atomic E-state index is -0.734. The molecule has 2 aromatic rings. The van der Waals surface area contributed by atoms with Crippen LogP contribution in [0.3, 0.4) is 0 Å². The highest BCUT2D eigenvalue weighted by Gasteiger charge is 2.43. The molecule has 1 atom stereocenters. The van der Waals surface area contributed by atoms with Crippen LogP contribution in [0.4, 0.5) is 0 Å². The van der Waals surface area contributed by atoms with Gasteiger partial charge in [-0.2, -0.15) is 0 Å². The fourth-order valence-corrected chi connectivity index (χ4v) is 3.52. The quantitative estimate of drug-likeness (QED) is 0.762. The van der Waals surface area contributed by atoms with Crippen LogP contribution in [0.2, 0.25) is 5.02 Å². The number of phenols is 1. The molecule has 1 unspecified atom stereocenters. The van der Waals surface area contributed by atoms with Gasteiger partial charge in [0.1, 0.15) is 5.75 Å². The first-order valence-corrected chi connectivity index (χ1v) is 9.49. The van der Waals surface area contributed by atoms with Crippen molar-refractivity contribution in [2.45, 2.75) is 26.3 Å². The zero-order chi connectivity index (χ0) is 20.4. The molecule has 5 nitrogen and oxygen atoms in total. The number of aliphatic hydroxyl groups excluding tert-OH is 1. The van der Waals surface area contributed by atoms with Crippen LogP contribution in [-0.4, -0.2) is 33.3 Å². The number of amides is 1. The van der Waals surface area contributed by atoms with Gasteiger partial charge in [0, 0.05) is 17.5 Å². The molecule has 146 valence electrons. The second-order valence-corrected chi connectivity index (χ2v) is 7.59. The summed E-state index contributed by atoms with van der Waals surface area (Å²) in [5.74, 6) is -1.71. The van der Waals surface area contributed by atoms with Gasteiger partial charge in [0.25, 0.3) is 5.91 Å². The summed E-state index contributed by atoms with van der Waals surface area (Å²) in [6.07, 6.45) is 0.536. The van der Waals surface area contributed by atoms with Crippen LogP contribution in [-0.2, 0) is 16.0 Å². The fourth-order valence-electron chi connectivity index (χ4n) is 3.39. The zero-order valence-electron chi connectivity index (χ0n) is 15.7. The van der Waals surface area contributed by atoms with Gasteiger partial charge < -0.3 is 15.1 Å². The largest absolute Gasteiger partial charge is 0.508 e. The number of nitrogens with zero attached hydrogens (tertiary/aromatic N) is 1. The predicted molar refractivity (Wildman–Crippen MR) is 107 cm³/mol. The molecule has 28 heavy (non-hydrogen) atoms. The van der Waals surface area contributed by atoms with Gasteiger partial charge >= 0.3 is 0 Å². The van der Waals surface area contributed by atoms with Gasteiger partial charge in [0.05, 0.1) is 11.6 Å². The zero-order valence-corrected chi connectivity index (χ0v) is 16.5. The van der Waals surface area contributed by atoms with E-state index < -0.39 is 17.7 Å². The van der Waals surface area contributed by atoms with Crippen LogP contribution in [0.15, 0.2) is 59.9 Å². The molecule has 1 heterocycles. The van der Waals surface area contributed by atoms with Gasteiger partial charge in [-0.05, 0) is 41.8 Å². The van der Waals surface area contributed by atoms with E-state index in [2.05, 4.69) is 0 Å². The number of aromatic hydroxyl groups is 1. The van der Waals surface area contributed by atoms with Gasteiger partial charge in [-0.1, -0.05) is 49.7 Å². The lowest BCUT2D eigenvalue weighted by molar-refractivity contribution is -0.129. The fraction of sp³-hybridized carbons (Fsp3) is 0.273. The molecule has 0 radical (unpaired) electrons. The number of carbonyl (C=O) groups is 2. The number of halogens is 1. The molecule has 0 aliphatic carbocycles. The van der Waals surface area contributed by atoms with Crippen LogP contribution >= 0.6 is 11.6 Å². The number of benzene rings is 2. The molecule has 2 aromatic carbocycles. The molecule has 0 spiro atoms. The number of phenolic OH excluding ortho intramolecular Hbond substituents is 1. The molecule has 0 saturated carbocycles. The molecule has 0 saturated heterocycles. The Kier molecular flexibility index (Phi) is 5.75. The van der Waals surface area contributed by atoms with E-state index >= 15 is 0 Å². The monoisotopic (exact) mass is 399 g/mol. The summed E-state index contributed by atoms with van der Waals surface area (Å²) in [6, 6.07) is 13.0.